The minimum atomic E-state index is -3.69. The largest absolute Gasteiger partial charge is 0.494 e. The van der Waals surface area contributed by atoms with Gasteiger partial charge in [0, 0.05) is 12.3 Å². The maximum absolute atomic E-state index is 11.8. The number of aromatic nitrogens is 1. The first-order valence-electron chi connectivity index (χ1n) is 4.49. The van der Waals surface area contributed by atoms with Crippen LogP contribution in [-0.4, -0.2) is 29.5 Å². The molecule has 7 heteroatoms. The van der Waals surface area contributed by atoms with Gasteiger partial charge in [-0.3, -0.25) is 9.36 Å². The molecule has 1 aromatic rings. The van der Waals surface area contributed by atoms with E-state index >= 15 is 0 Å². The van der Waals surface area contributed by atoms with Crippen LogP contribution in [0.25, 0.3) is 0 Å². The zero-order chi connectivity index (χ0) is 12.7. The van der Waals surface area contributed by atoms with Crippen LogP contribution in [0.5, 0.6) is 5.88 Å². The molecule has 2 N–H and O–H groups in total. The van der Waals surface area contributed by atoms with Gasteiger partial charge in [0.25, 0.3) is 5.56 Å². The summed E-state index contributed by atoms with van der Waals surface area (Å²) >= 11 is 0. The molecule has 0 aliphatic heterocycles. The molecule has 1 unspecified atom stereocenters. The second-order valence-electron chi connectivity index (χ2n) is 3.59. The highest BCUT2D eigenvalue weighted by Gasteiger charge is 2.21. The van der Waals surface area contributed by atoms with E-state index in [9.17, 15) is 23.4 Å². The minimum absolute atomic E-state index is 0.155. The number of sulfone groups is 1. The van der Waals surface area contributed by atoms with Crippen molar-refractivity contribution in [2.45, 2.75) is 25.0 Å². The van der Waals surface area contributed by atoms with E-state index in [1.807, 2.05) is 0 Å². The summed E-state index contributed by atoms with van der Waals surface area (Å²) in [5, 5.41) is 18.7. The van der Waals surface area contributed by atoms with Crippen molar-refractivity contribution in [3.63, 3.8) is 0 Å². The van der Waals surface area contributed by atoms with Crippen LogP contribution in [0.2, 0.25) is 0 Å². The summed E-state index contributed by atoms with van der Waals surface area (Å²) in [6.07, 6.45) is -0.395. The van der Waals surface area contributed by atoms with E-state index in [1.165, 1.54) is 13.8 Å². The fourth-order valence-electron chi connectivity index (χ4n) is 1.52. The maximum Gasteiger partial charge on any atom is 0.274 e. The topological polar surface area (TPSA) is 96.6 Å². The van der Waals surface area contributed by atoms with Gasteiger partial charge in [-0.2, -0.15) is 0 Å². The second kappa shape index (κ2) is 3.91. The Bertz CT molecular complexity index is 570. The lowest BCUT2D eigenvalue weighted by Crippen LogP contribution is -2.28. The first-order valence-corrected chi connectivity index (χ1v) is 6.38. The molecule has 1 aromatic heterocycles. The monoisotopic (exact) mass is 247 g/mol. The Hall–Kier alpha value is -1.34. The number of pyridine rings is 1. The van der Waals surface area contributed by atoms with Gasteiger partial charge in [-0.15, -0.1) is 0 Å². The Labute approximate surface area is 92.7 Å². The quantitative estimate of drug-likeness (QED) is 0.753. The summed E-state index contributed by atoms with van der Waals surface area (Å²) in [7, 11) is -3.69. The van der Waals surface area contributed by atoms with Gasteiger partial charge in [-0.25, -0.2) is 8.42 Å². The number of aromatic hydroxyl groups is 1. The Morgan fingerprint density at radius 2 is 1.94 bits per heavy atom. The molecule has 16 heavy (non-hydrogen) atoms. The average molecular weight is 247 g/mol. The Morgan fingerprint density at radius 3 is 2.31 bits per heavy atom. The lowest BCUT2D eigenvalue weighted by molar-refractivity contribution is 0.109. The molecule has 0 amide bonds. The van der Waals surface area contributed by atoms with Gasteiger partial charge in [0.15, 0.2) is 15.7 Å². The van der Waals surface area contributed by atoms with E-state index in [-0.39, 0.29) is 5.56 Å². The van der Waals surface area contributed by atoms with Gasteiger partial charge in [0.2, 0.25) is 0 Å². The normalized spacial score (nSPS) is 13.8. The first-order chi connectivity index (χ1) is 7.16. The lowest BCUT2D eigenvalue weighted by atomic mass is 10.3. The van der Waals surface area contributed by atoms with Crippen LogP contribution in [-0.2, 0) is 9.84 Å². The SMILES string of the molecule is Cc1cc(O)n(C(C)O)c(=O)c1S(C)(=O)=O. The Kier molecular flexibility index (Phi) is 3.11. The van der Waals surface area contributed by atoms with Gasteiger partial charge >= 0.3 is 0 Å². The molecule has 0 aliphatic carbocycles. The van der Waals surface area contributed by atoms with Crippen LogP contribution in [0.15, 0.2) is 15.8 Å². The lowest BCUT2D eigenvalue weighted by Gasteiger charge is -2.14. The molecule has 0 aromatic carbocycles. The third kappa shape index (κ3) is 2.10. The van der Waals surface area contributed by atoms with Crippen molar-refractivity contribution in [1.82, 2.24) is 4.57 Å². The zero-order valence-electron chi connectivity index (χ0n) is 9.13. The van der Waals surface area contributed by atoms with E-state index < -0.39 is 32.4 Å². The fraction of sp³-hybridized carbons (Fsp3) is 0.444. The molecule has 1 heterocycles. The van der Waals surface area contributed by atoms with E-state index in [0.29, 0.717) is 4.57 Å². The van der Waals surface area contributed by atoms with Crippen LogP contribution in [0.1, 0.15) is 18.7 Å². The summed E-state index contributed by atoms with van der Waals surface area (Å²) in [5.74, 6) is -0.468. The van der Waals surface area contributed by atoms with Gasteiger partial charge in [-0.1, -0.05) is 0 Å². The van der Waals surface area contributed by atoms with Crippen LogP contribution < -0.4 is 5.56 Å². The molecular weight excluding hydrogens is 234 g/mol. The molecule has 0 aliphatic rings. The number of aryl methyl sites for hydroxylation is 1. The third-order valence-electron chi connectivity index (χ3n) is 2.11. The number of nitrogens with zero attached hydrogens (tertiary/aromatic N) is 1. The standard InChI is InChI=1S/C9H13NO5S/c1-5-4-7(12)10(6(2)11)9(13)8(5)16(3,14)15/h4,6,11-12H,1-3H3. The molecule has 90 valence electrons. The smallest absolute Gasteiger partial charge is 0.274 e. The number of hydrogen-bond acceptors (Lipinski definition) is 5. The molecule has 1 atom stereocenters. The molecule has 0 bridgehead atoms. The Balaban J connectivity index is 3.80. The van der Waals surface area contributed by atoms with Crippen molar-refractivity contribution in [3.8, 4) is 5.88 Å². The summed E-state index contributed by atoms with van der Waals surface area (Å²) in [4.78, 5) is 11.4. The second-order valence-corrected chi connectivity index (χ2v) is 5.55. The number of aliphatic hydroxyl groups excluding tert-OH is 1. The maximum atomic E-state index is 11.8. The van der Waals surface area contributed by atoms with Crippen molar-refractivity contribution in [2.75, 3.05) is 6.26 Å². The molecule has 0 saturated heterocycles. The summed E-state index contributed by atoms with van der Waals surface area (Å²) < 4.78 is 23.4. The number of rotatable bonds is 2. The molecule has 1 rings (SSSR count). The molecule has 0 saturated carbocycles. The van der Waals surface area contributed by atoms with Gasteiger partial charge in [0.1, 0.15) is 11.1 Å². The molecular formula is C9H13NO5S. The zero-order valence-corrected chi connectivity index (χ0v) is 9.95. The highest BCUT2D eigenvalue weighted by molar-refractivity contribution is 7.90. The van der Waals surface area contributed by atoms with Crippen molar-refractivity contribution in [1.29, 1.82) is 0 Å². The van der Waals surface area contributed by atoms with Gasteiger partial charge in [-0.05, 0) is 19.4 Å². The van der Waals surface area contributed by atoms with Crippen LogP contribution >= 0.6 is 0 Å². The van der Waals surface area contributed by atoms with Crippen LogP contribution in [0, 0.1) is 6.92 Å². The van der Waals surface area contributed by atoms with Crippen molar-refractivity contribution in [2.24, 2.45) is 0 Å². The fourth-order valence-corrected chi connectivity index (χ4v) is 2.58. The van der Waals surface area contributed by atoms with Crippen LogP contribution in [0.3, 0.4) is 0 Å². The average Bonchev–Trinajstić information content (AvgIpc) is 1.97. The number of aliphatic hydroxyl groups is 1. The van der Waals surface area contributed by atoms with Crippen molar-refractivity contribution < 1.29 is 18.6 Å². The van der Waals surface area contributed by atoms with Crippen molar-refractivity contribution >= 4 is 9.84 Å². The Morgan fingerprint density at radius 1 is 1.44 bits per heavy atom. The summed E-state index contributed by atoms with van der Waals surface area (Å²) in [6, 6.07) is 1.13. The molecule has 0 spiro atoms. The van der Waals surface area contributed by atoms with Crippen LogP contribution in [0.4, 0.5) is 0 Å². The minimum Gasteiger partial charge on any atom is -0.494 e. The van der Waals surface area contributed by atoms with Gasteiger partial charge < -0.3 is 10.2 Å². The first kappa shape index (κ1) is 12.7. The van der Waals surface area contributed by atoms with Crippen molar-refractivity contribution in [3.05, 3.63) is 22.0 Å². The summed E-state index contributed by atoms with van der Waals surface area (Å²) in [6.45, 7) is 2.66. The number of hydrogen-bond donors (Lipinski definition) is 2. The van der Waals surface area contributed by atoms with E-state index in [1.54, 1.807) is 0 Å². The molecule has 0 radical (unpaired) electrons. The summed E-state index contributed by atoms with van der Waals surface area (Å²) in [5.41, 5.74) is -0.767. The molecule has 0 fully saturated rings. The predicted molar refractivity (Wildman–Crippen MR) is 57.1 cm³/mol. The van der Waals surface area contributed by atoms with E-state index in [2.05, 4.69) is 0 Å². The highest BCUT2D eigenvalue weighted by atomic mass is 32.2. The molecule has 6 nitrogen and oxygen atoms in total. The van der Waals surface area contributed by atoms with E-state index in [0.717, 1.165) is 12.3 Å². The third-order valence-corrected chi connectivity index (χ3v) is 3.35. The van der Waals surface area contributed by atoms with Gasteiger partial charge in [0.05, 0.1) is 0 Å². The predicted octanol–water partition coefficient (Wildman–Crippen LogP) is -0.223. The van der Waals surface area contributed by atoms with E-state index in [4.69, 9.17) is 0 Å². The highest BCUT2D eigenvalue weighted by Crippen LogP contribution is 2.18.